The molecule has 5 heteroatoms. The van der Waals surface area contributed by atoms with Crippen LogP contribution in [-0.4, -0.2) is 31.7 Å². The molecule has 0 aliphatic rings. The second kappa shape index (κ2) is 7.06. The summed E-state index contributed by atoms with van der Waals surface area (Å²) in [5.41, 5.74) is 6.57. The molecule has 0 saturated carbocycles. The number of anilines is 1. The van der Waals surface area contributed by atoms with Crippen LogP contribution in [0.1, 0.15) is 16.8 Å². The van der Waals surface area contributed by atoms with Crippen LogP contribution >= 0.6 is 11.8 Å². The summed E-state index contributed by atoms with van der Waals surface area (Å²) in [5, 5.41) is 0. The van der Waals surface area contributed by atoms with E-state index in [0.717, 1.165) is 12.2 Å². The summed E-state index contributed by atoms with van der Waals surface area (Å²) in [5.74, 6) is 1.17. The number of ether oxygens (including phenoxy) is 2. The molecule has 0 saturated heterocycles. The minimum absolute atomic E-state index is 0.364. The van der Waals surface area contributed by atoms with E-state index in [1.807, 2.05) is 6.26 Å². The SMILES string of the molecule is COc1cc(N)cc(C(=O)OCCCSC)c1. The number of carbonyl (C=O) groups excluding carboxylic acids is 1. The summed E-state index contributed by atoms with van der Waals surface area (Å²) in [6.45, 7) is 0.427. The van der Waals surface area contributed by atoms with E-state index >= 15 is 0 Å². The molecule has 0 radical (unpaired) electrons. The van der Waals surface area contributed by atoms with E-state index in [1.165, 1.54) is 7.11 Å². The molecule has 0 amide bonds. The topological polar surface area (TPSA) is 61.5 Å². The van der Waals surface area contributed by atoms with E-state index in [-0.39, 0.29) is 5.97 Å². The Morgan fingerprint density at radius 3 is 2.82 bits per heavy atom. The lowest BCUT2D eigenvalue weighted by Gasteiger charge is -2.07. The number of thioether (sulfide) groups is 1. The van der Waals surface area contributed by atoms with E-state index < -0.39 is 0 Å². The smallest absolute Gasteiger partial charge is 0.338 e. The van der Waals surface area contributed by atoms with Crippen LogP contribution in [0, 0.1) is 0 Å². The van der Waals surface area contributed by atoms with Crippen LogP contribution in [0.3, 0.4) is 0 Å². The number of carbonyl (C=O) groups is 1. The van der Waals surface area contributed by atoms with E-state index in [0.29, 0.717) is 23.6 Å². The second-order valence-electron chi connectivity index (χ2n) is 3.48. The van der Waals surface area contributed by atoms with Gasteiger partial charge in [-0.25, -0.2) is 4.79 Å². The van der Waals surface area contributed by atoms with Crippen LogP contribution < -0.4 is 10.5 Å². The van der Waals surface area contributed by atoms with Crippen molar-refractivity contribution in [3.63, 3.8) is 0 Å². The molecular formula is C12H17NO3S. The number of hydrogen-bond acceptors (Lipinski definition) is 5. The highest BCUT2D eigenvalue weighted by Crippen LogP contribution is 2.19. The fourth-order valence-electron chi connectivity index (χ4n) is 1.31. The van der Waals surface area contributed by atoms with Gasteiger partial charge in [-0.05, 0) is 30.6 Å². The van der Waals surface area contributed by atoms with Gasteiger partial charge in [0.25, 0.3) is 0 Å². The number of hydrogen-bond donors (Lipinski definition) is 1. The molecule has 94 valence electrons. The Kier molecular flexibility index (Phi) is 5.69. The number of methoxy groups -OCH3 is 1. The van der Waals surface area contributed by atoms with Gasteiger partial charge in [0.05, 0.1) is 19.3 Å². The highest BCUT2D eigenvalue weighted by atomic mass is 32.2. The Morgan fingerprint density at radius 2 is 2.18 bits per heavy atom. The van der Waals surface area contributed by atoms with Crippen molar-refractivity contribution in [1.29, 1.82) is 0 Å². The molecule has 0 aliphatic carbocycles. The summed E-state index contributed by atoms with van der Waals surface area (Å²) < 4.78 is 10.2. The van der Waals surface area contributed by atoms with Crippen LogP contribution in [-0.2, 0) is 4.74 Å². The number of rotatable bonds is 6. The van der Waals surface area contributed by atoms with Crippen molar-refractivity contribution in [3.8, 4) is 5.75 Å². The molecule has 0 heterocycles. The Morgan fingerprint density at radius 1 is 1.41 bits per heavy atom. The van der Waals surface area contributed by atoms with E-state index in [4.69, 9.17) is 15.2 Å². The van der Waals surface area contributed by atoms with Crippen LogP contribution in [0.25, 0.3) is 0 Å². The first-order chi connectivity index (χ1) is 8.17. The highest BCUT2D eigenvalue weighted by Gasteiger charge is 2.09. The average Bonchev–Trinajstić information content (AvgIpc) is 2.33. The van der Waals surface area contributed by atoms with Crippen LogP contribution in [0.2, 0.25) is 0 Å². The highest BCUT2D eigenvalue weighted by molar-refractivity contribution is 7.98. The third kappa shape index (κ3) is 4.56. The van der Waals surface area contributed by atoms with Crippen LogP contribution in [0.4, 0.5) is 5.69 Å². The first-order valence-electron chi connectivity index (χ1n) is 5.28. The Balaban J connectivity index is 2.59. The third-order valence-corrected chi connectivity index (χ3v) is 2.82. The summed E-state index contributed by atoms with van der Waals surface area (Å²) in [4.78, 5) is 11.7. The summed E-state index contributed by atoms with van der Waals surface area (Å²) >= 11 is 1.73. The van der Waals surface area contributed by atoms with Gasteiger partial charge in [0.15, 0.2) is 0 Å². The van der Waals surface area contributed by atoms with Gasteiger partial charge in [-0.1, -0.05) is 0 Å². The quantitative estimate of drug-likeness (QED) is 0.479. The predicted octanol–water partition coefficient (Wildman–Crippen LogP) is 2.19. The lowest BCUT2D eigenvalue weighted by molar-refractivity contribution is 0.0506. The first-order valence-corrected chi connectivity index (χ1v) is 6.67. The molecule has 4 nitrogen and oxygen atoms in total. The van der Waals surface area contributed by atoms with Crippen molar-refractivity contribution in [3.05, 3.63) is 23.8 Å². The Hall–Kier alpha value is -1.36. The van der Waals surface area contributed by atoms with E-state index in [2.05, 4.69) is 0 Å². The van der Waals surface area contributed by atoms with E-state index in [9.17, 15) is 4.79 Å². The predicted molar refractivity (Wildman–Crippen MR) is 70.7 cm³/mol. The zero-order chi connectivity index (χ0) is 12.7. The number of nitrogen functional groups attached to an aromatic ring is 1. The molecule has 0 bridgehead atoms. The van der Waals surface area contributed by atoms with Gasteiger partial charge >= 0.3 is 5.97 Å². The van der Waals surface area contributed by atoms with Crippen molar-refractivity contribution in [2.24, 2.45) is 0 Å². The molecule has 17 heavy (non-hydrogen) atoms. The maximum atomic E-state index is 11.7. The normalized spacial score (nSPS) is 10.0. The van der Waals surface area contributed by atoms with E-state index in [1.54, 1.807) is 30.0 Å². The number of esters is 1. The molecule has 1 rings (SSSR count). The molecule has 1 aromatic carbocycles. The Labute approximate surface area is 105 Å². The van der Waals surface area contributed by atoms with Crippen LogP contribution in [0.5, 0.6) is 5.75 Å². The molecule has 0 aromatic heterocycles. The molecule has 0 atom stereocenters. The maximum absolute atomic E-state index is 11.7. The van der Waals surface area contributed by atoms with Crippen molar-refractivity contribution in [1.82, 2.24) is 0 Å². The first kappa shape index (κ1) is 13.7. The van der Waals surface area contributed by atoms with Crippen molar-refractivity contribution in [2.45, 2.75) is 6.42 Å². The van der Waals surface area contributed by atoms with Crippen molar-refractivity contribution < 1.29 is 14.3 Å². The van der Waals surface area contributed by atoms with Gasteiger partial charge in [-0.2, -0.15) is 11.8 Å². The van der Waals surface area contributed by atoms with Crippen molar-refractivity contribution in [2.75, 3.05) is 31.5 Å². The molecule has 0 spiro atoms. The van der Waals surface area contributed by atoms with Gasteiger partial charge < -0.3 is 15.2 Å². The fourth-order valence-corrected chi connectivity index (χ4v) is 1.72. The summed E-state index contributed by atoms with van der Waals surface area (Å²) in [6.07, 6.45) is 2.87. The number of nitrogens with two attached hydrogens (primary N) is 1. The molecule has 2 N–H and O–H groups in total. The largest absolute Gasteiger partial charge is 0.497 e. The average molecular weight is 255 g/mol. The minimum atomic E-state index is -0.364. The Bertz CT molecular complexity index is 382. The van der Waals surface area contributed by atoms with Gasteiger partial charge in [0, 0.05) is 11.8 Å². The monoisotopic (exact) mass is 255 g/mol. The van der Waals surface area contributed by atoms with Gasteiger partial charge in [0.2, 0.25) is 0 Å². The third-order valence-electron chi connectivity index (χ3n) is 2.13. The van der Waals surface area contributed by atoms with Gasteiger partial charge in [-0.15, -0.1) is 0 Å². The lowest BCUT2D eigenvalue weighted by Crippen LogP contribution is -2.08. The molecule has 1 aromatic rings. The van der Waals surface area contributed by atoms with Crippen LogP contribution in [0.15, 0.2) is 18.2 Å². The minimum Gasteiger partial charge on any atom is -0.497 e. The molecular weight excluding hydrogens is 238 g/mol. The standard InChI is InChI=1S/C12H17NO3S/c1-15-11-7-9(6-10(13)8-11)12(14)16-4-3-5-17-2/h6-8H,3-5,13H2,1-2H3. The zero-order valence-corrected chi connectivity index (χ0v) is 10.9. The molecule has 0 aliphatic heterocycles. The van der Waals surface area contributed by atoms with Gasteiger partial charge in [-0.3, -0.25) is 0 Å². The van der Waals surface area contributed by atoms with Gasteiger partial charge in [0.1, 0.15) is 5.75 Å². The maximum Gasteiger partial charge on any atom is 0.338 e. The zero-order valence-electron chi connectivity index (χ0n) is 10.1. The fraction of sp³-hybridized carbons (Fsp3) is 0.417. The lowest BCUT2D eigenvalue weighted by atomic mass is 10.2. The molecule has 0 unspecified atom stereocenters. The summed E-state index contributed by atoms with van der Waals surface area (Å²) in [7, 11) is 1.53. The van der Waals surface area contributed by atoms with Crippen molar-refractivity contribution >= 4 is 23.4 Å². The number of benzene rings is 1. The second-order valence-corrected chi connectivity index (χ2v) is 4.46. The molecule has 0 fully saturated rings. The summed E-state index contributed by atoms with van der Waals surface area (Å²) in [6, 6.07) is 4.86.